The zero-order valence-electron chi connectivity index (χ0n) is 14.7. The molecule has 1 amide bonds. The number of nitrogens with one attached hydrogen (secondary N) is 1. The zero-order chi connectivity index (χ0) is 17.6. The van der Waals surface area contributed by atoms with E-state index in [1.54, 1.807) is 6.20 Å². The molecule has 1 aliphatic heterocycles. The van der Waals surface area contributed by atoms with Crippen LogP contribution in [0.4, 0.5) is 0 Å². The summed E-state index contributed by atoms with van der Waals surface area (Å²) in [5.41, 5.74) is 1.96. The average molecular weight is 340 g/mol. The highest BCUT2D eigenvalue weighted by Crippen LogP contribution is 2.36. The second-order valence-corrected chi connectivity index (χ2v) is 6.56. The molecule has 2 aromatic rings. The number of hydrogen-bond donors (Lipinski definition) is 1. The number of rotatable bonds is 6. The van der Waals surface area contributed by atoms with Crippen LogP contribution in [0.1, 0.15) is 37.4 Å². The molecule has 1 unspecified atom stereocenters. The average Bonchev–Trinajstić information content (AvgIpc) is 2.64. The quantitative estimate of drug-likeness (QED) is 0.876. The van der Waals surface area contributed by atoms with Crippen LogP contribution in [0.3, 0.4) is 0 Å². The number of amides is 1. The first-order valence-electron chi connectivity index (χ1n) is 8.69. The van der Waals surface area contributed by atoms with Crippen molar-refractivity contribution in [1.82, 2.24) is 10.3 Å². The van der Waals surface area contributed by atoms with Crippen molar-refractivity contribution < 1.29 is 14.3 Å². The SMILES string of the molecule is CC(C)C(CC(=O)NCc1ccccn1)c1ccc2c(c1)OCCO2. The predicted octanol–water partition coefficient (Wildman–Crippen LogP) is 3.30. The minimum Gasteiger partial charge on any atom is -0.486 e. The van der Waals surface area contributed by atoms with Crippen LogP contribution < -0.4 is 14.8 Å². The molecule has 0 saturated heterocycles. The first-order valence-corrected chi connectivity index (χ1v) is 8.69. The lowest BCUT2D eigenvalue weighted by atomic mass is 9.85. The van der Waals surface area contributed by atoms with Crippen LogP contribution >= 0.6 is 0 Å². The highest BCUT2D eigenvalue weighted by molar-refractivity contribution is 5.77. The van der Waals surface area contributed by atoms with E-state index in [0.29, 0.717) is 32.1 Å². The Kier molecular flexibility index (Phi) is 5.53. The molecule has 1 aliphatic rings. The molecular weight excluding hydrogens is 316 g/mol. The van der Waals surface area contributed by atoms with Crippen LogP contribution in [0, 0.1) is 5.92 Å². The summed E-state index contributed by atoms with van der Waals surface area (Å²) >= 11 is 0. The van der Waals surface area contributed by atoms with E-state index in [2.05, 4.69) is 24.1 Å². The molecule has 1 aromatic carbocycles. The molecule has 1 N–H and O–H groups in total. The van der Waals surface area contributed by atoms with Crippen molar-refractivity contribution in [1.29, 1.82) is 0 Å². The molecule has 5 nitrogen and oxygen atoms in total. The summed E-state index contributed by atoms with van der Waals surface area (Å²) in [6.45, 7) is 5.86. The van der Waals surface area contributed by atoms with E-state index in [1.165, 1.54) is 0 Å². The number of hydrogen-bond acceptors (Lipinski definition) is 4. The van der Waals surface area contributed by atoms with Crippen LogP contribution in [0.25, 0.3) is 0 Å². The number of fused-ring (bicyclic) bond motifs is 1. The van der Waals surface area contributed by atoms with E-state index >= 15 is 0 Å². The number of nitrogens with zero attached hydrogens (tertiary/aromatic N) is 1. The summed E-state index contributed by atoms with van der Waals surface area (Å²) in [6, 6.07) is 11.7. The Bertz CT molecular complexity index is 716. The molecule has 0 saturated carbocycles. The summed E-state index contributed by atoms with van der Waals surface area (Å²) in [5, 5.41) is 2.96. The largest absolute Gasteiger partial charge is 0.486 e. The fourth-order valence-corrected chi connectivity index (χ4v) is 2.99. The minimum absolute atomic E-state index is 0.0271. The summed E-state index contributed by atoms with van der Waals surface area (Å²) in [7, 11) is 0. The van der Waals surface area contributed by atoms with E-state index in [4.69, 9.17) is 9.47 Å². The van der Waals surface area contributed by atoms with Gasteiger partial charge in [-0.1, -0.05) is 26.0 Å². The molecule has 1 atom stereocenters. The fourth-order valence-electron chi connectivity index (χ4n) is 2.99. The van der Waals surface area contributed by atoms with E-state index in [-0.39, 0.29) is 11.8 Å². The molecule has 132 valence electrons. The number of aromatic nitrogens is 1. The first kappa shape index (κ1) is 17.3. The van der Waals surface area contributed by atoms with Gasteiger partial charge >= 0.3 is 0 Å². The second kappa shape index (κ2) is 8.01. The maximum atomic E-state index is 12.4. The molecule has 2 heterocycles. The van der Waals surface area contributed by atoms with Crippen molar-refractivity contribution in [3.8, 4) is 11.5 Å². The maximum absolute atomic E-state index is 12.4. The fraction of sp³-hybridized carbons (Fsp3) is 0.400. The van der Waals surface area contributed by atoms with Gasteiger partial charge in [0.05, 0.1) is 12.2 Å². The van der Waals surface area contributed by atoms with Crippen molar-refractivity contribution in [2.45, 2.75) is 32.7 Å². The van der Waals surface area contributed by atoms with Crippen molar-refractivity contribution in [2.24, 2.45) is 5.92 Å². The van der Waals surface area contributed by atoms with Gasteiger partial charge in [0.15, 0.2) is 11.5 Å². The molecule has 0 bridgehead atoms. The second-order valence-electron chi connectivity index (χ2n) is 6.56. The third kappa shape index (κ3) is 4.50. The van der Waals surface area contributed by atoms with E-state index in [9.17, 15) is 4.79 Å². The molecule has 5 heteroatoms. The standard InChI is InChI=1S/C20H24N2O3/c1-14(2)17(12-20(23)22-13-16-5-3-4-8-21-16)15-6-7-18-19(11-15)25-10-9-24-18/h3-8,11,14,17H,9-10,12-13H2,1-2H3,(H,22,23). The lowest BCUT2D eigenvalue weighted by molar-refractivity contribution is -0.121. The molecule has 0 radical (unpaired) electrons. The first-order chi connectivity index (χ1) is 12.1. The summed E-state index contributed by atoms with van der Waals surface area (Å²) in [6.07, 6.45) is 2.16. The Morgan fingerprint density at radius 1 is 1.16 bits per heavy atom. The van der Waals surface area contributed by atoms with Gasteiger partial charge in [-0.2, -0.15) is 0 Å². The van der Waals surface area contributed by atoms with Crippen LogP contribution in [0.2, 0.25) is 0 Å². The van der Waals surface area contributed by atoms with Gasteiger partial charge in [0, 0.05) is 12.6 Å². The lowest BCUT2D eigenvalue weighted by Crippen LogP contribution is -2.26. The minimum atomic E-state index is 0.0271. The van der Waals surface area contributed by atoms with Gasteiger partial charge < -0.3 is 14.8 Å². The van der Waals surface area contributed by atoms with E-state index in [1.807, 2.05) is 36.4 Å². The molecule has 0 fully saturated rings. The lowest BCUT2D eigenvalue weighted by Gasteiger charge is -2.24. The Morgan fingerprint density at radius 2 is 1.96 bits per heavy atom. The summed E-state index contributed by atoms with van der Waals surface area (Å²) in [5.74, 6) is 2.03. The number of pyridine rings is 1. The van der Waals surface area contributed by atoms with Crippen molar-refractivity contribution in [3.05, 3.63) is 53.9 Å². The summed E-state index contributed by atoms with van der Waals surface area (Å²) < 4.78 is 11.2. The molecule has 1 aromatic heterocycles. The number of benzene rings is 1. The van der Waals surface area contributed by atoms with E-state index < -0.39 is 0 Å². The smallest absolute Gasteiger partial charge is 0.220 e. The van der Waals surface area contributed by atoms with Gasteiger partial charge in [-0.05, 0) is 41.7 Å². The van der Waals surface area contributed by atoms with Crippen LogP contribution in [0.5, 0.6) is 11.5 Å². The van der Waals surface area contributed by atoms with Gasteiger partial charge in [0.2, 0.25) is 5.91 Å². The van der Waals surface area contributed by atoms with Gasteiger partial charge in [-0.15, -0.1) is 0 Å². The van der Waals surface area contributed by atoms with Gasteiger partial charge in [-0.25, -0.2) is 0 Å². The number of ether oxygens (including phenoxy) is 2. The van der Waals surface area contributed by atoms with Crippen molar-refractivity contribution >= 4 is 5.91 Å². The van der Waals surface area contributed by atoms with Crippen molar-refractivity contribution in [3.63, 3.8) is 0 Å². The molecule has 25 heavy (non-hydrogen) atoms. The molecular formula is C20H24N2O3. The van der Waals surface area contributed by atoms with E-state index in [0.717, 1.165) is 22.8 Å². The molecule has 0 spiro atoms. The van der Waals surface area contributed by atoms with Crippen LogP contribution in [-0.2, 0) is 11.3 Å². The number of carbonyl (C=O) groups is 1. The number of carbonyl (C=O) groups excluding carboxylic acids is 1. The third-order valence-corrected chi connectivity index (χ3v) is 4.40. The predicted molar refractivity (Wildman–Crippen MR) is 95.7 cm³/mol. The van der Waals surface area contributed by atoms with Gasteiger partial charge in [0.1, 0.15) is 13.2 Å². The zero-order valence-corrected chi connectivity index (χ0v) is 14.7. The third-order valence-electron chi connectivity index (χ3n) is 4.40. The van der Waals surface area contributed by atoms with Gasteiger partial charge in [0.25, 0.3) is 0 Å². The Labute approximate surface area is 148 Å². The molecule has 3 rings (SSSR count). The van der Waals surface area contributed by atoms with Gasteiger partial charge in [-0.3, -0.25) is 9.78 Å². The van der Waals surface area contributed by atoms with Crippen LogP contribution in [-0.4, -0.2) is 24.1 Å². The Balaban J connectivity index is 1.65. The topological polar surface area (TPSA) is 60.5 Å². The Morgan fingerprint density at radius 3 is 2.68 bits per heavy atom. The normalized spacial score (nSPS) is 14.2. The summed E-state index contributed by atoms with van der Waals surface area (Å²) in [4.78, 5) is 16.6. The highest BCUT2D eigenvalue weighted by atomic mass is 16.6. The highest BCUT2D eigenvalue weighted by Gasteiger charge is 2.22. The maximum Gasteiger partial charge on any atom is 0.220 e. The molecule has 0 aliphatic carbocycles. The monoisotopic (exact) mass is 340 g/mol. The Hall–Kier alpha value is -2.56. The van der Waals surface area contributed by atoms with Crippen molar-refractivity contribution in [2.75, 3.05) is 13.2 Å². The van der Waals surface area contributed by atoms with Crippen LogP contribution in [0.15, 0.2) is 42.6 Å².